The lowest BCUT2D eigenvalue weighted by molar-refractivity contribution is 0.220. The number of hydrogen-bond acceptors (Lipinski definition) is 3. The third-order valence-corrected chi connectivity index (χ3v) is 0.868. The van der Waals surface area contributed by atoms with Crippen molar-refractivity contribution in [3.63, 3.8) is 0 Å². The molecule has 0 bridgehead atoms. The second-order valence-electron chi connectivity index (χ2n) is 1.46. The number of aliphatic imine (C=N–C) groups is 1. The van der Waals surface area contributed by atoms with E-state index in [1.54, 1.807) is 0 Å². The maximum Gasteiger partial charge on any atom is 0.283 e. The van der Waals surface area contributed by atoms with Crippen LogP contribution < -0.4 is 5.73 Å². The van der Waals surface area contributed by atoms with Gasteiger partial charge < -0.3 is 10.8 Å². The molecule has 0 heterocycles. The van der Waals surface area contributed by atoms with Crippen LogP contribution in [0, 0.1) is 0 Å². The molecule has 0 fully saturated rings. The summed E-state index contributed by atoms with van der Waals surface area (Å²) in [4.78, 5) is 3.13. The molecule has 0 amide bonds. The summed E-state index contributed by atoms with van der Waals surface area (Å²) in [6.45, 7) is 0. The molecule has 5 heteroatoms. The Bertz CT molecular complexity index is 165. The molecule has 0 aromatic carbocycles. The van der Waals surface area contributed by atoms with Crippen LogP contribution in [0.4, 0.5) is 8.78 Å². The molecule has 3 nitrogen and oxygen atoms in total. The van der Waals surface area contributed by atoms with Gasteiger partial charge in [-0.25, -0.2) is 8.78 Å². The summed E-state index contributed by atoms with van der Waals surface area (Å²) in [5.74, 6) is -0.683. The molecular weight excluding hydrogens is 142 g/mol. The highest BCUT2D eigenvalue weighted by Gasteiger charge is 2.15. The molecular formula is C5H8F2N2O. The third kappa shape index (κ3) is 2.00. The quantitative estimate of drug-likeness (QED) is 0.449. The van der Waals surface area contributed by atoms with Crippen LogP contribution in [0.3, 0.4) is 0 Å². The minimum atomic E-state index is -2.79. The fourth-order valence-corrected chi connectivity index (χ4v) is 0.409. The molecule has 0 aliphatic heterocycles. The number of rotatable bonds is 2. The average molecular weight is 150 g/mol. The number of allylic oxidation sites excluding steroid dienone is 1. The lowest BCUT2D eigenvalue weighted by Crippen LogP contribution is -2.14. The Kier molecular flexibility index (Phi) is 3.38. The molecule has 3 N–H and O–H groups in total. The van der Waals surface area contributed by atoms with Crippen molar-refractivity contribution in [1.29, 1.82) is 0 Å². The predicted molar refractivity (Wildman–Crippen MR) is 34.3 cm³/mol. The van der Waals surface area contributed by atoms with E-state index >= 15 is 0 Å². The van der Waals surface area contributed by atoms with Crippen molar-refractivity contribution >= 4 is 5.71 Å². The van der Waals surface area contributed by atoms with Crippen molar-refractivity contribution in [2.75, 3.05) is 7.05 Å². The van der Waals surface area contributed by atoms with Gasteiger partial charge in [0.2, 0.25) is 0 Å². The van der Waals surface area contributed by atoms with E-state index in [4.69, 9.17) is 10.8 Å². The monoisotopic (exact) mass is 150 g/mol. The fourth-order valence-electron chi connectivity index (χ4n) is 0.409. The van der Waals surface area contributed by atoms with Gasteiger partial charge in [0.25, 0.3) is 6.43 Å². The largest absolute Gasteiger partial charge is 0.504 e. The van der Waals surface area contributed by atoms with Crippen LogP contribution in [-0.4, -0.2) is 24.3 Å². The summed E-state index contributed by atoms with van der Waals surface area (Å²) >= 11 is 0. The van der Waals surface area contributed by atoms with Gasteiger partial charge in [-0.15, -0.1) is 0 Å². The SMILES string of the molecule is CN=C(/C(O)=C\N)C(F)F. The van der Waals surface area contributed by atoms with E-state index in [2.05, 4.69) is 4.99 Å². The Morgan fingerprint density at radius 2 is 2.20 bits per heavy atom. The Morgan fingerprint density at radius 1 is 1.70 bits per heavy atom. The van der Waals surface area contributed by atoms with Crippen molar-refractivity contribution in [1.82, 2.24) is 0 Å². The summed E-state index contributed by atoms with van der Waals surface area (Å²) in [5.41, 5.74) is 4.07. The topological polar surface area (TPSA) is 58.6 Å². The van der Waals surface area contributed by atoms with Gasteiger partial charge in [0, 0.05) is 13.2 Å². The van der Waals surface area contributed by atoms with Gasteiger partial charge in [-0.1, -0.05) is 0 Å². The second-order valence-corrected chi connectivity index (χ2v) is 1.46. The molecule has 0 unspecified atom stereocenters. The zero-order valence-electron chi connectivity index (χ0n) is 5.38. The van der Waals surface area contributed by atoms with Crippen molar-refractivity contribution in [3.8, 4) is 0 Å². The van der Waals surface area contributed by atoms with Gasteiger partial charge >= 0.3 is 0 Å². The summed E-state index contributed by atoms with van der Waals surface area (Å²) in [5, 5.41) is 8.61. The highest BCUT2D eigenvalue weighted by molar-refractivity contribution is 6.00. The van der Waals surface area contributed by atoms with Crippen LogP contribution in [0.25, 0.3) is 0 Å². The minimum absolute atomic E-state index is 0.675. The number of aliphatic hydroxyl groups excluding tert-OH is 1. The molecule has 0 aromatic rings. The Labute approximate surface area is 56.9 Å². The van der Waals surface area contributed by atoms with Crippen molar-refractivity contribution in [2.24, 2.45) is 10.7 Å². The molecule has 0 aliphatic rings. The summed E-state index contributed by atoms with van der Waals surface area (Å²) in [6, 6.07) is 0. The van der Waals surface area contributed by atoms with Gasteiger partial charge in [-0.3, -0.25) is 4.99 Å². The summed E-state index contributed by atoms with van der Waals surface area (Å²) < 4.78 is 23.5. The first kappa shape index (κ1) is 8.87. The number of nitrogens with two attached hydrogens (primary N) is 1. The van der Waals surface area contributed by atoms with E-state index in [0.717, 1.165) is 7.05 Å². The Balaban J connectivity index is 4.39. The van der Waals surface area contributed by atoms with Crippen molar-refractivity contribution in [3.05, 3.63) is 12.0 Å². The molecule has 0 atom stereocenters. The number of halogens is 2. The first-order valence-corrected chi connectivity index (χ1v) is 2.49. The average Bonchev–Trinajstić information content (AvgIpc) is 1.88. The number of alkyl halides is 2. The number of aliphatic hydroxyl groups is 1. The van der Waals surface area contributed by atoms with E-state index in [0.29, 0.717) is 6.20 Å². The van der Waals surface area contributed by atoms with Crippen molar-refractivity contribution in [2.45, 2.75) is 6.43 Å². The smallest absolute Gasteiger partial charge is 0.283 e. The van der Waals surface area contributed by atoms with Gasteiger partial charge in [0.1, 0.15) is 5.71 Å². The highest BCUT2D eigenvalue weighted by atomic mass is 19.3. The predicted octanol–water partition coefficient (Wildman–Crippen LogP) is 0.680. The van der Waals surface area contributed by atoms with Crippen LogP contribution in [0.2, 0.25) is 0 Å². The van der Waals surface area contributed by atoms with E-state index in [1.165, 1.54) is 0 Å². The third-order valence-electron chi connectivity index (χ3n) is 0.868. The lowest BCUT2D eigenvalue weighted by Gasteiger charge is -2.00. The molecule has 10 heavy (non-hydrogen) atoms. The molecule has 58 valence electrons. The van der Waals surface area contributed by atoms with Gasteiger partial charge in [-0.2, -0.15) is 0 Å². The molecule has 0 aliphatic carbocycles. The zero-order valence-corrected chi connectivity index (χ0v) is 5.38. The fraction of sp³-hybridized carbons (Fsp3) is 0.400. The van der Waals surface area contributed by atoms with E-state index in [9.17, 15) is 8.78 Å². The van der Waals surface area contributed by atoms with Gasteiger partial charge in [-0.05, 0) is 0 Å². The van der Waals surface area contributed by atoms with Crippen LogP contribution in [0.1, 0.15) is 0 Å². The van der Waals surface area contributed by atoms with Crippen LogP contribution in [0.5, 0.6) is 0 Å². The Morgan fingerprint density at radius 3 is 2.30 bits per heavy atom. The van der Waals surface area contributed by atoms with Crippen LogP contribution in [-0.2, 0) is 0 Å². The summed E-state index contributed by atoms with van der Waals surface area (Å²) in [6.07, 6.45) is -2.11. The van der Waals surface area contributed by atoms with Crippen molar-refractivity contribution < 1.29 is 13.9 Å². The highest BCUT2D eigenvalue weighted by Crippen LogP contribution is 2.02. The number of hydrogen-bond donors (Lipinski definition) is 2. The van der Waals surface area contributed by atoms with Crippen LogP contribution >= 0.6 is 0 Å². The van der Waals surface area contributed by atoms with Gasteiger partial charge in [0.05, 0.1) is 0 Å². The standard InChI is InChI=1S/C5H8F2N2O/c1-9-4(5(6)7)3(10)2-8/h2,5,10H,8H2,1H3/b3-2+,9-4?. The lowest BCUT2D eigenvalue weighted by atomic mass is 10.3. The van der Waals surface area contributed by atoms with E-state index in [1.807, 2.05) is 0 Å². The maximum atomic E-state index is 11.7. The Hall–Kier alpha value is -1.13. The first-order chi connectivity index (χ1) is 4.63. The second kappa shape index (κ2) is 3.81. The van der Waals surface area contributed by atoms with E-state index < -0.39 is 17.9 Å². The minimum Gasteiger partial charge on any atom is -0.504 e. The molecule has 0 rings (SSSR count). The molecule has 0 saturated heterocycles. The number of nitrogens with zero attached hydrogens (tertiary/aromatic N) is 1. The maximum absolute atomic E-state index is 11.7. The normalized spacial score (nSPS) is 14.4. The van der Waals surface area contributed by atoms with Crippen LogP contribution in [0.15, 0.2) is 17.0 Å². The zero-order chi connectivity index (χ0) is 8.15. The molecule has 0 aromatic heterocycles. The summed E-state index contributed by atoms with van der Waals surface area (Å²) in [7, 11) is 1.15. The van der Waals surface area contributed by atoms with Gasteiger partial charge in [0.15, 0.2) is 5.76 Å². The molecule has 0 saturated carbocycles. The van der Waals surface area contributed by atoms with E-state index in [-0.39, 0.29) is 0 Å². The molecule has 0 radical (unpaired) electrons. The first-order valence-electron chi connectivity index (χ1n) is 2.49. The molecule has 0 spiro atoms.